The van der Waals surface area contributed by atoms with Crippen LogP contribution in [0, 0.1) is 11.6 Å². The van der Waals surface area contributed by atoms with Gasteiger partial charge in [-0.25, -0.2) is 13.8 Å². The third-order valence-electron chi connectivity index (χ3n) is 3.99. The van der Waals surface area contributed by atoms with Gasteiger partial charge in [-0.3, -0.25) is 4.68 Å². The first-order valence-corrected chi connectivity index (χ1v) is 7.13. The Hall–Kier alpha value is -2.54. The number of halogens is 2. The van der Waals surface area contributed by atoms with E-state index >= 15 is 0 Å². The Morgan fingerprint density at radius 1 is 1.26 bits per heavy atom. The van der Waals surface area contributed by atoms with Gasteiger partial charge in [0.1, 0.15) is 17.2 Å². The Balaban J connectivity index is 2.08. The van der Waals surface area contributed by atoms with Gasteiger partial charge in [-0.2, -0.15) is 5.10 Å². The second-order valence-corrected chi connectivity index (χ2v) is 5.45. The summed E-state index contributed by atoms with van der Waals surface area (Å²) in [7, 11) is 0. The predicted molar refractivity (Wildman–Crippen MR) is 79.4 cm³/mol. The minimum atomic E-state index is -1.63. The van der Waals surface area contributed by atoms with E-state index in [4.69, 9.17) is 0 Å². The average molecular weight is 318 g/mol. The highest BCUT2D eigenvalue weighted by Gasteiger charge is 2.40. The Bertz CT molecular complexity index is 773. The summed E-state index contributed by atoms with van der Waals surface area (Å²) < 4.78 is 30.7. The highest BCUT2D eigenvalue weighted by Crippen LogP contribution is 2.36. The minimum Gasteiger partial charge on any atom is -0.381 e. The molecule has 2 atom stereocenters. The van der Waals surface area contributed by atoms with Crippen molar-refractivity contribution >= 4 is 0 Å². The van der Waals surface area contributed by atoms with Crippen LogP contribution in [-0.2, 0) is 12.1 Å². The van der Waals surface area contributed by atoms with Gasteiger partial charge in [0, 0.05) is 36.4 Å². The van der Waals surface area contributed by atoms with Crippen LogP contribution in [0.25, 0.3) is 0 Å². The molecule has 0 unspecified atom stereocenters. The fraction of sp³-hybridized carbons (Fsp3) is 0.250. The quantitative estimate of drug-likeness (QED) is 0.786. The van der Waals surface area contributed by atoms with Crippen molar-refractivity contribution in [3.05, 3.63) is 72.6 Å². The van der Waals surface area contributed by atoms with Gasteiger partial charge >= 0.3 is 0 Å². The highest BCUT2D eigenvalue weighted by atomic mass is 19.1. The van der Waals surface area contributed by atoms with Crippen LogP contribution in [0.3, 0.4) is 0 Å². The lowest BCUT2D eigenvalue weighted by Gasteiger charge is -2.35. The number of aromatic nitrogens is 4. The second-order valence-electron chi connectivity index (χ2n) is 5.45. The van der Waals surface area contributed by atoms with E-state index < -0.39 is 23.3 Å². The molecule has 0 aliphatic rings. The summed E-state index contributed by atoms with van der Waals surface area (Å²) in [6.07, 6.45) is 8.03. The molecule has 0 saturated heterocycles. The van der Waals surface area contributed by atoms with Crippen LogP contribution in [0.15, 0.2) is 55.4 Å². The molecule has 0 fully saturated rings. The highest BCUT2D eigenvalue weighted by molar-refractivity contribution is 5.26. The van der Waals surface area contributed by atoms with E-state index in [1.807, 2.05) is 0 Å². The number of nitrogens with zero attached hydrogens (tertiary/aromatic N) is 4. The molecule has 0 spiro atoms. The molecule has 3 aromatic rings. The smallest absolute Gasteiger partial charge is 0.132 e. The van der Waals surface area contributed by atoms with Gasteiger partial charge in [0.2, 0.25) is 0 Å². The number of aliphatic hydroxyl groups is 1. The van der Waals surface area contributed by atoms with Crippen LogP contribution in [-0.4, -0.2) is 24.4 Å². The van der Waals surface area contributed by atoms with Gasteiger partial charge < -0.3 is 9.67 Å². The molecule has 23 heavy (non-hydrogen) atoms. The lowest BCUT2D eigenvalue weighted by Crippen LogP contribution is -2.40. The zero-order valence-corrected chi connectivity index (χ0v) is 12.5. The SMILES string of the molecule is C[C@@H](n1cccn1)[C@](O)(Cn1ccnc1)c1ccc(F)cc1F. The number of hydrogen-bond donors (Lipinski definition) is 1. The summed E-state index contributed by atoms with van der Waals surface area (Å²) in [6, 6.07) is 4.30. The molecule has 120 valence electrons. The van der Waals surface area contributed by atoms with Crippen LogP contribution in [0.5, 0.6) is 0 Å². The van der Waals surface area contributed by atoms with Crippen molar-refractivity contribution in [2.75, 3.05) is 0 Å². The maximum absolute atomic E-state index is 14.3. The van der Waals surface area contributed by atoms with Gasteiger partial charge in [-0.1, -0.05) is 6.07 Å². The molecule has 1 N–H and O–H groups in total. The van der Waals surface area contributed by atoms with E-state index in [1.165, 1.54) is 12.4 Å². The molecule has 2 aromatic heterocycles. The molecule has 0 saturated carbocycles. The number of imidazole rings is 1. The monoisotopic (exact) mass is 318 g/mol. The number of hydrogen-bond acceptors (Lipinski definition) is 3. The van der Waals surface area contributed by atoms with Gasteiger partial charge in [-0.05, 0) is 19.1 Å². The fourth-order valence-corrected chi connectivity index (χ4v) is 2.67. The maximum Gasteiger partial charge on any atom is 0.132 e. The Labute approximate surface area is 131 Å². The van der Waals surface area contributed by atoms with Crippen molar-refractivity contribution in [3.63, 3.8) is 0 Å². The largest absolute Gasteiger partial charge is 0.381 e. The molecule has 0 radical (unpaired) electrons. The number of benzene rings is 1. The summed E-state index contributed by atoms with van der Waals surface area (Å²) in [5.41, 5.74) is -1.62. The fourth-order valence-electron chi connectivity index (χ4n) is 2.67. The summed E-state index contributed by atoms with van der Waals surface area (Å²) in [4.78, 5) is 3.93. The normalized spacial score (nSPS) is 15.3. The third kappa shape index (κ3) is 2.87. The van der Waals surface area contributed by atoms with Crippen molar-refractivity contribution in [1.82, 2.24) is 19.3 Å². The molecule has 3 rings (SSSR count). The summed E-state index contributed by atoms with van der Waals surface area (Å²) in [5.74, 6) is -1.49. The first kappa shape index (κ1) is 15.4. The number of rotatable bonds is 5. The Kier molecular flexibility index (Phi) is 3.96. The molecule has 2 heterocycles. The molecular weight excluding hydrogens is 302 g/mol. The zero-order chi connectivity index (χ0) is 16.4. The third-order valence-corrected chi connectivity index (χ3v) is 3.99. The van der Waals surface area contributed by atoms with E-state index in [0.29, 0.717) is 0 Å². The first-order chi connectivity index (χ1) is 11.0. The van der Waals surface area contributed by atoms with Crippen LogP contribution in [0.1, 0.15) is 18.5 Å². The van der Waals surface area contributed by atoms with Crippen molar-refractivity contribution in [2.24, 2.45) is 0 Å². The summed E-state index contributed by atoms with van der Waals surface area (Å²) in [5, 5.41) is 15.4. The van der Waals surface area contributed by atoms with Gasteiger partial charge in [0.05, 0.1) is 18.9 Å². The predicted octanol–water partition coefficient (Wildman–Crippen LogP) is 2.51. The van der Waals surface area contributed by atoms with Crippen molar-refractivity contribution < 1.29 is 13.9 Å². The van der Waals surface area contributed by atoms with E-state index in [1.54, 1.807) is 47.0 Å². The molecule has 5 nitrogen and oxygen atoms in total. The zero-order valence-electron chi connectivity index (χ0n) is 12.5. The van der Waals surface area contributed by atoms with Crippen molar-refractivity contribution in [1.29, 1.82) is 0 Å². The van der Waals surface area contributed by atoms with Crippen LogP contribution in [0.2, 0.25) is 0 Å². The topological polar surface area (TPSA) is 55.9 Å². The second kappa shape index (κ2) is 5.92. The Morgan fingerprint density at radius 2 is 2.09 bits per heavy atom. The Morgan fingerprint density at radius 3 is 2.70 bits per heavy atom. The lowest BCUT2D eigenvalue weighted by molar-refractivity contribution is -0.0341. The van der Waals surface area contributed by atoms with Crippen molar-refractivity contribution in [2.45, 2.75) is 25.1 Å². The molecular formula is C16H16F2N4O. The van der Waals surface area contributed by atoms with E-state index in [-0.39, 0.29) is 12.1 Å². The molecule has 1 aromatic carbocycles. The minimum absolute atomic E-state index is 0.00981. The molecule has 0 bridgehead atoms. The standard InChI is InChI=1S/C16H16F2N4O/c1-12(22-7-2-5-20-22)16(23,10-21-8-6-19-11-21)14-4-3-13(17)9-15(14)18/h2-9,11-12,23H,10H2,1H3/t12-,16-/m1/s1. The summed E-state index contributed by atoms with van der Waals surface area (Å²) in [6.45, 7) is 1.78. The van der Waals surface area contributed by atoms with Crippen LogP contribution < -0.4 is 0 Å². The van der Waals surface area contributed by atoms with Crippen LogP contribution >= 0.6 is 0 Å². The lowest BCUT2D eigenvalue weighted by atomic mass is 9.86. The van der Waals surface area contributed by atoms with Gasteiger partial charge in [-0.15, -0.1) is 0 Å². The molecule has 0 amide bonds. The van der Waals surface area contributed by atoms with E-state index in [0.717, 1.165) is 12.1 Å². The van der Waals surface area contributed by atoms with Gasteiger partial charge in [0.25, 0.3) is 0 Å². The van der Waals surface area contributed by atoms with Crippen LogP contribution in [0.4, 0.5) is 8.78 Å². The van der Waals surface area contributed by atoms with Crippen molar-refractivity contribution in [3.8, 4) is 0 Å². The first-order valence-electron chi connectivity index (χ1n) is 7.13. The van der Waals surface area contributed by atoms with E-state index in [2.05, 4.69) is 10.1 Å². The van der Waals surface area contributed by atoms with E-state index in [9.17, 15) is 13.9 Å². The molecule has 0 aliphatic heterocycles. The summed E-state index contributed by atoms with van der Waals surface area (Å²) >= 11 is 0. The average Bonchev–Trinajstić information content (AvgIpc) is 3.19. The molecule has 7 heteroatoms. The van der Waals surface area contributed by atoms with Gasteiger partial charge in [0.15, 0.2) is 0 Å². The molecule has 0 aliphatic carbocycles. The maximum atomic E-state index is 14.3.